The molecular weight excluding hydrogens is 310 g/mol. The second-order valence-corrected chi connectivity index (χ2v) is 7.10. The lowest BCUT2D eigenvalue weighted by Crippen LogP contribution is -2.60. The number of halogens is 1. The van der Waals surface area contributed by atoms with Crippen LogP contribution in [0.2, 0.25) is 0 Å². The molecule has 3 saturated heterocycles. The molecule has 5 nitrogen and oxygen atoms in total. The van der Waals surface area contributed by atoms with E-state index in [2.05, 4.69) is 15.5 Å². The molecule has 21 heavy (non-hydrogen) atoms. The maximum atomic E-state index is 12.2. The summed E-state index contributed by atoms with van der Waals surface area (Å²) in [5.74, 6) is 2.52. The summed E-state index contributed by atoms with van der Waals surface area (Å²) in [5, 5.41) is 6.48. The van der Waals surface area contributed by atoms with Crippen molar-refractivity contribution in [3.05, 3.63) is 0 Å². The zero-order valence-electron chi connectivity index (χ0n) is 12.4. The zero-order chi connectivity index (χ0) is 13.8. The molecule has 0 saturated carbocycles. The van der Waals surface area contributed by atoms with E-state index < -0.39 is 0 Å². The minimum Gasteiger partial charge on any atom is -0.379 e. The highest BCUT2D eigenvalue weighted by atomic mass is 35.5. The maximum absolute atomic E-state index is 12.2. The topological polar surface area (TPSA) is 53.6 Å². The Balaban J connectivity index is 0.00000161. The van der Waals surface area contributed by atoms with Crippen molar-refractivity contribution in [3.63, 3.8) is 0 Å². The van der Waals surface area contributed by atoms with Gasteiger partial charge in [-0.3, -0.25) is 9.69 Å². The highest BCUT2D eigenvalue weighted by molar-refractivity contribution is 7.99. The Morgan fingerprint density at radius 3 is 2.86 bits per heavy atom. The third-order valence-electron chi connectivity index (χ3n) is 4.73. The lowest BCUT2D eigenvalue weighted by Gasteiger charge is -2.43. The summed E-state index contributed by atoms with van der Waals surface area (Å²) in [6, 6.07) is 0.0331. The van der Waals surface area contributed by atoms with Gasteiger partial charge in [-0.25, -0.2) is 0 Å². The number of ether oxygens (including phenoxy) is 1. The average molecular weight is 336 g/mol. The lowest BCUT2D eigenvalue weighted by molar-refractivity contribution is -0.123. The standard InChI is InChI=1S/C14H25N3O2S.ClH/c18-13(12-2-1-4-15-12)16-10-14(3-9-20-11-14)17-5-7-19-8-6-17;/h12,15H,1-11H2,(H,16,18);1H. The van der Waals surface area contributed by atoms with Crippen LogP contribution in [0.25, 0.3) is 0 Å². The van der Waals surface area contributed by atoms with E-state index in [1.807, 2.05) is 11.8 Å². The number of hydrogen-bond donors (Lipinski definition) is 2. The van der Waals surface area contributed by atoms with Crippen LogP contribution in [0.1, 0.15) is 19.3 Å². The number of nitrogens with one attached hydrogen (secondary N) is 2. The Bertz CT molecular complexity index is 341. The second kappa shape index (κ2) is 8.02. The first-order chi connectivity index (χ1) is 9.80. The molecule has 3 aliphatic heterocycles. The van der Waals surface area contributed by atoms with Crippen molar-refractivity contribution in [3.8, 4) is 0 Å². The van der Waals surface area contributed by atoms with Gasteiger partial charge in [0.05, 0.1) is 19.3 Å². The summed E-state index contributed by atoms with van der Waals surface area (Å²) in [7, 11) is 0. The first-order valence-electron chi connectivity index (χ1n) is 7.72. The van der Waals surface area contributed by atoms with Crippen LogP contribution in [0.15, 0.2) is 0 Å². The first-order valence-corrected chi connectivity index (χ1v) is 8.87. The molecule has 3 heterocycles. The number of carbonyl (C=O) groups is 1. The van der Waals surface area contributed by atoms with E-state index in [9.17, 15) is 4.79 Å². The smallest absolute Gasteiger partial charge is 0.237 e. The van der Waals surface area contributed by atoms with Crippen LogP contribution in [0, 0.1) is 0 Å². The largest absolute Gasteiger partial charge is 0.379 e. The molecular formula is C14H26ClN3O2S. The van der Waals surface area contributed by atoms with Crippen LogP contribution < -0.4 is 10.6 Å². The van der Waals surface area contributed by atoms with Crippen LogP contribution in [0.5, 0.6) is 0 Å². The normalized spacial score (nSPS) is 33.6. The zero-order valence-corrected chi connectivity index (χ0v) is 14.1. The van der Waals surface area contributed by atoms with Gasteiger partial charge in [-0.1, -0.05) is 0 Å². The summed E-state index contributed by atoms with van der Waals surface area (Å²) >= 11 is 2.01. The van der Waals surface area contributed by atoms with Gasteiger partial charge in [0.1, 0.15) is 0 Å². The van der Waals surface area contributed by atoms with Gasteiger partial charge in [0, 0.05) is 30.9 Å². The van der Waals surface area contributed by atoms with Gasteiger partial charge in [-0.15, -0.1) is 12.4 Å². The van der Waals surface area contributed by atoms with Crippen LogP contribution in [0.4, 0.5) is 0 Å². The predicted octanol–water partition coefficient (Wildman–Crippen LogP) is 0.484. The Kier molecular flexibility index (Phi) is 6.62. The fourth-order valence-electron chi connectivity index (χ4n) is 3.42. The van der Waals surface area contributed by atoms with E-state index in [0.717, 1.165) is 58.0 Å². The average Bonchev–Trinajstić information content (AvgIpc) is 3.18. The summed E-state index contributed by atoms with van der Waals surface area (Å²) in [4.78, 5) is 14.7. The molecule has 0 aromatic heterocycles. The fourth-order valence-corrected chi connectivity index (χ4v) is 4.90. The highest BCUT2D eigenvalue weighted by Crippen LogP contribution is 2.33. The van der Waals surface area contributed by atoms with Crippen LogP contribution in [0.3, 0.4) is 0 Å². The molecule has 3 aliphatic rings. The fraction of sp³-hybridized carbons (Fsp3) is 0.929. The second-order valence-electron chi connectivity index (χ2n) is 5.99. The third-order valence-corrected chi connectivity index (χ3v) is 5.97. The van der Waals surface area contributed by atoms with E-state index >= 15 is 0 Å². The van der Waals surface area contributed by atoms with Gasteiger partial charge in [-0.05, 0) is 31.6 Å². The highest BCUT2D eigenvalue weighted by Gasteiger charge is 2.41. The van der Waals surface area contributed by atoms with Gasteiger partial charge in [0.15, 0.2) is 0 Å². The van der Waals surface area contributed by atoms with Crippen molar-refractivity contribution in [2.75, 3.05) is 50.9 Å². The van der Waals surface area contributed by atoms with Crippen LogP contribution in [-0.2, 0) is 9.53 Å². The number of thioether (sulfide) groups is 1. The quantitative estimate of drug-likeness (QED) is 0.783. The van der Waals surface area contributed by atoms with Crippen LogP contribution in [-0.4, -0.2) is 73.3 Å². The van der Waals surface area contributed by atoms with Crippen molar-refractivity contribution in [1.29, 1.82) is 0 Å². The van der Waals surface area contributed by atoms with Crippen molar-refractivity contribution < 1.29 is 9.53 Å². The Hall–Kier alpha value is -0.0100. The van der Waals surface area contributed by atoms with Crippen molar-refractivity contribution in [2.45, 2.75) is 30.8 Å². The Labute approximate surface area is 137 Å². The van der Waals surface area contributed by atoms with Crippen LogP contribution >= 0.6 is 24.2 Å². The summed E-state index contributed by atoms with van der Waals surface area (Å²) in [6.07, 6.45) is 3.27. The minimum absolute atomic E-state index is 0. The molecule has 0 radical (unpaired) electrons. The predicted molar refractivity (Wildman–Crippen MR) is 88.3 cm³/mol. The number of carbonyl (C=O) groups excluding carboxylic acids is 1. The van der Waals surface area contributed by atoms with E-state index in [1.54, 1.807) is 0 Å². The van der Waals surface area contributed by atoms with E-state index in [-0.39, 0.29) is 29.9 Å². The number of rotatable bonds is 4. The maximum Gasteiger partial charge on any atom is 0.237 e. The monoisotopic (exact) mass is 335 g/mol. The SMILES string of the molecule is Cl.O=C(NCC1(N2CCOCC2)CCSC1)C1CCCN1. The molecule has 3 fully saturated rings. The number of amides is 1. The van der Waals surface area contributed by atoms with Crippen molar-refractivity contribution in [1.82, 2.24) is 15.5 Å². The van der Waals surface area contributed by atoms with E-state index in [1.165, 1.54) is 12.2 Å². The van der Waals surface area contributed by atoms with E-state index in [4.69, 9.17) is 4.74 Å². The van der Waals surface area contributed by atoms with Gasteiger partial charge >= 0.3 is 0 Å². The summed E-state index contributed by atoms with van der Waals surface area (Å²) in [6.45, 7) is 5.41. The molecule has 0 aromatic carbocycles. The summed E-state index contributed by atoms with van der Waals surface area (Å²) < 4.78 is 5.47. The molecule has 0 aliphatic carbocycles. The van der Waals surface area contributed by atoms with E-state index in [0.29, 0.717) is 0 Å². The van der Waals surface area contributed by atoms with Gasteiger partial charge in [-0.2, -0.15) is 11.8 Å². The molecule has 1 amide bonds. The molecule has 7 heteroatoms. The molecule has 0 spiro atoms. The summed E-state index contributed by atoms with van der Waals surface area (Å²) in [5.41, 5.74) is 0.155. The minimum atomic E-state index is 0. The van der Waals surface area contributed by atoms with Gasteiger partial charge in [0.2, 0.25) is 5.91 Å². The third kappa shape index (κ3) is 4.05. The Morgan fingerprint density at radius 1 is 1.43 bits per heavy atom. The van der Waals surface area contributed by atoms with Gasteiger partial charge < -0.3 is 15.4 Å². The number of nitrogens with zero attached hydrogens (tertiary/aromatic N) is 1. The molecule has 122 valence electrons. The van der Waals surface area contributed by atoms with Gasteiger partial charge in [0.25, 0.3) is 0 Å². The molecule has 0 aromatic rings. The first kappa shape index (κ1) is 17.3. The Morgan fingerprint density at radius 2 is 2.24 bits per heavy atom. The number of hydrogen-bond acceptors (Lipinski definition) is 5. The molecule has 2 atom stereocenters. The van der Waals surface area contributed by atoms with Crippen molar-refractivity contribution in [2.24, 2.45) is 0 Å². The molecule has 2 N–H and O–H groups in total. The molecule has 0 bridgehead atoms. The molecule has 3 rings (SSSR count). The molecule has 2 unspecified atom stereocenters. The van der Waals surface area contributed by atoms with Crippen molar-refractivity contribution >= 4 is 30.1 Å². The lowest BCUT2D eigenvalue weighted by atomic mass is 9.95. The number of morpholine rings is 1.